The van der Waals surface area contributed by atoms with Gasteiger partial charge in [-0.25, -0.2) is 0 Å². The molecular weight excluding hydrogens is 244 g/mol. The van der Waals surface area contributed by atoms with E-state index in [1.165, 1.54) is 25.7 Å². The molecule has 0 radical (unpaired) electrons. The molecule has 1 aromatic carbocycles. The van der Waals surface area contributed by atoms with Crippen LogP contribution in [-0.2, 0) is 0 Å². The molecule has 1 fully saturated rings. The number of hydrogen-bond donors (Lipinski definition) is 0. The van der Waals surface area contributed by atoms with Gasteiger partial charge in [0.25, 0.3) is 0 Å². The molecule has 1 aliphatic carbocycles. The van der Waals surface area contributed by atoms with Crippen LogP contribution in [-0.4, -0.2) is 19.7 Å². The Balaban J connectivity index is 1.64. The summed E-state index contributed by atoms with van der Waals surface area (Å²) in [5, 5.41) is 0. The second kappa shape index (κ2) is 5.51. The maximum absolute atomic E-state index is 11.1. The molecule has 1 heterocycles. The summed E-state index contributed by atoms with van der Waals surface area (Å²) in [5.41, 5.74) is 0.524. The molecule has 0 unspecified atom stereocenters. The lowest BCUT2D eigenvalue weighted by atomic mass is 10.1. The molecule has 4 nitrogen and oxygen atoms in total. The minimum absolute atomic E-state index is 0.207. The summed E-state index contributed by atoms with van der Waals surface area (Å²) in [6.07, 6.45) is 7.16. The molecule has 102 valence electrons. The number of ether oxygens (including phenoxy) is 3. The van der Waals surface area contributed by atoms with Crippen molar-refractivity contribution in [1.82, 2.24) is 0 Å². The van der Waals surface area contributed by atoms with Crippen molar-refractivity contribution in [3.8, 4) is 17.2 Å². The Morgan fingerprint density at radius 1 is 1.21 bits per heavy atom. The fourth-order valence-electron chi connectivity index (χ4n) is 2.79. The fraction of sp³-hybridized carbons (Fsp3) is 0.533. The number of rotatable bonds is 5. The Morgan fingerprint density at radius 2 is 1.95 bits per heavy atom. The number of carbonyl (C=O) groups is 1. The summed E-state index contributed by atoms with van der Waals surface area (Å²) in [7, 11) is 0. The number of hydrogen-bond acceptors (Lipinski definition) is 4. The van der Waals surface area contributed by atoms with Crippen molar-refractivity contribution in [3.63, 3.8) is 0 Å². The van der Waals surface area contributed by atoms with Crippen LogP contribution < -0.4 is 14.2 Å². The first-order chi connectivity index (χ1) is 9.36. The van der Waals surface area contributed by atoms with Gasteiger partial charge in [-0.2, -0.15) is 0 Å². The Bertz CT molecular complexity index is 463. The van der Waals surface area contributed by atoms with Crippen LogP contribution >= 0.6 is 0 Å². The maximum atomic E-state index is 11.1. The molecule has 0 bridgehead atoms. The highest BCUT2D eigenvalue weighted by molar-refractivity contribution is 5.81. The molecule has 0 aromatic heterocycles. The van der Waals surface area contributed by atoms with E-state index in [9.17, 15) is 4.79 Å². The van der Waals surface area contributed by atoms with Crippen LogP contribution in [0.2, 0.25) is 0 Å². The largest absolute Gasteiger partial charge is 0.493 e. The molecule has 4 heteroatoms. The monoisotopic (exact) mass is 262 g/mol. The predicted octanol–water partition coefficient (Wildman–Crippen LogP) is 3.19. The summed E-state index contributed by atoms with van der Waals surface area (Å²) in [6.45, 7) is 0.865. The van der Waals surface area contributed by atoms with Gasteiger partial charge < -0.3 is 14.2 Å². The van der Waals surface area contributed by atoms with E-state index in [1.54, 1.807) is 12.1 Å². The molecule has 1 aromatic rings. The Kier molecular flexibility index (Phi) is 3.58. The van der Waals surface area contributed by atoms with Crippen molar-refractivity contribution in [3.05, 3.63) is 17.7 Å². The van der Waals surface area contributed by atoms with Crippen LogP contribution in [0.3, 0.4) is 0 Å². The number of fused-ring (bicyclic) bond motifs is 1. The lowest BCUT2D eigenvalue weighted by Crippen LogP contribution is -2.05. The molecule has 0 atom stereocenters. The molecule has 0 saturated heterocycles. The molecule has 0 amide bonds. The Hall–Kier alpha value is -1.71. The van der Waals surface area contributed by atoms with Crippen molar-refractivity contribution in [2.45, 2.75) is 32.1 Å². The first-order valence-corrected chi connectivity index (χ1v) is 6.88. The molecule has 1 saturated carbocycles. The van der Waals surface area contributed by atoms with Gasteiger partial charge in [0, 0.05) is 6.07 Å². The van der Waals surface area contributed by atoms with E-state index in [1.807, 2.05) is 0 Å². The third kappa shape index (κ3) is 2.67. The van der Waals surface area contributed by atoms with Gasteiger partial charge in [-0.05, 0) is 18.4 Å². The van der Waals surface area contributed by atoms with Crippen molar-refractivity contribution < 1.29 is 19.0 Å². The normalized spacial score (nSPS) is 17.7. The van der Waals surface area contributed by atoms with Gasteiger partial charge >= 0.3 is 0 Å². The van der Waals surface area contributed by atoms with Gasteiger partial charge in [0.2, 0.25) is 6.79 Å². The van der Waals surface area contributed by atoms with Gasteiger partial charge in [0.05, 0.1) is 12.2 Å². The zero-order chi connectivity index (χ0) is 13.1. The average molecular weight is 262 g/mol. The Morgan fingerprint density at radius 3 is 2.68 bits per heavy atom. The number of benzene rings is 1. The number of aldehydes is 1. The predicted molar refractivity (Wildman–Crippen MR) is 70.0 cm³/mol. The number of carbonyl (C=O) groups excluding carboxylic acids is 1. The van der Waals surface area contributed by atoms with Gasteiger partial charge in [-0.15, -0.1) is 0 Å². The summed E-state index contributed by atoms with van der Waals surface area (Å²) in [6, 6.07) is 3.43. The van der Waals surface area contributed by atoms with Gasteiger partial charge in [0.15, 0.2) is 17.8 Å². The second-order valence-corrected chi connectivity index (χ2v) is 5.15. The highest BCUT2D eigenvalue weighted by Crippen LogP contribution is 2.37. The molecule has 2 aliphatic rings. The van der Waals surface area contributed by atoms with E-state index >= 15 is 0 Å². The highest BCUT2D eigenvalue weighted by Gasteiger charge is 2.19. The first-order valence-electron chi connectivity index (χ1n) is 6.88. The summed E-state index contributed by atoms with van der Waals surface area (Å²) < 4.78 is 16.3. The minimum Gasteiger partial charge on any atom is -0.493 e. The standard InChI is InChI=1S/C15H18O4/c16-9-12-7-14-15(19-10-18-14)8-13(12)17-6-5-11-3-1-2-4-11/h7-9,11H,1-6,10H2. The van der Waals surface area contributed by atoms with Crippen LogP contribution in [0.1, 0.15) is 42.5 Å². The zero-order valence-electron chi connectivity index (χ0n) is 10.9. The molecule has 3 rings (SSSR count). The van der Waals surface area contributed by atoms with Crippen LogP contribution in [0.25, 0.3) is 0 Å². The van der Waals surface area contributed by atoms with E-state index in [2.05, 4.69) is 0 Å². The van der Waals surface area contributed by atoms with Crippen LogP contribution in [0, 0.1) is 5.92 Å². The molecule has 1 aliphatic heterocycles. The molecular formula is C15H18O4. The average Bonchev–Trinajstić information content (AvgIpc) is 3.08. The van der Waals surface area contributed by atoms with Crippen LogP contribution in [0.15, 0.2) is 12.1 Å². The summed E-state index contributed by atoms with van der Waals surface area (Å²) >= 11 is 0. The van der Waals surface area contributed by atoms with Crippen molar-refractivity contribution in [1.29, 1.82) is 0 Å². The van der Waals surface area contributed by atoms with Gasteiger partial charge in [-0.1, -0.05) is 25.7 Å². The van der Waals surface area contributed by atoms with E-state index in [-0.39, 0.29) is 6.79 Å². The fourth-order valence-corrected chi connectivity index (χ4v) is 2.79. The molecule has 0 N–H and O–H groups in total. The van der Waals surface area contributed by atoms with Gasteiger partial charge in [-0.3, -0.25) is 4.79 Å². The van der Waals surface area contributed by atoms with Crippen LogP contribution in [0.5, 0.6) is 17.2 Å². The maximum Gasteiger partial charge on any atom is 0.231 e. The van der Waals surface area contributed by atoms with E-state index in [0.29, 0.717) is 29.4 Å². The van der Waals surface area contributed by atoms with E-state index in [0.717, 1.165) is 18.6 Å². The lowest BCUT2D eigenvalue weighted by Gasteiger charge is -2.12. The summed E-state index contributed by atoms with van der Waals surface area (Å²) in [4.78, 5) is 11.1. The third-order valence-electron chi connectivity index (χ3n) is 3.89. The first kappa shape index (κ1) is 12.3. The Labute approximate surface area is 112 Å². The van der Waals surface area contributed by atoms with Crippen molar-refractivity contribution >= 4 is 6.29 Å². The topological polar surface area (TPSA) is 44.8 Å². The second-order valence-electron chi connectivity index (χ2n) is 5.15. The molecule has 19 heavy (non-hydrogen) atoms. The quantitative estimate of drug-likeness (QED) is 0.764. The van der Waals surface area contributed by atoms with Gasteiger partial charge in [0.1, 0.15) is 5.75 Å². The van der Waals surface area contributed by atoms with Crippen molar-refractivity contribution in [2.75, 3.05) is 13.4 Å². The van der Waals surface area contributed by atoms with Crippen molar-refractivity contribution in [2.24, 2.45) is 5.92 Å². The summed E-state index contributed by atoms with van der Waals surface area (Å²) in [5.74, 6) is 2.65. The zero-order valence-corrected chi connectivity index (χ0v) is 10.9. The minimum atomic E-state index is 0.207. The van der Waals surface area contributed by atoms with E-state index < -0.39 is 0 Å². The van der Waals surface area contributed by atoms with E-state index in [4.69, 9.17) is 14.2 Å². The third-order valence-corrected chi connectivity index (χ3v) is 3.89. The SMILES string of the molecule is O=Cc1cc2c(cc1OCCC1CCCC1)OCO2. The smallest absolute Gasteiger partial charge is 0.231 e. The van der Waals surface area contributed by atoms with Crippen LogP contribution in [0.4, 0.5) is 0 Å². The molecule has 0 spiro atoms. The highest BCUT2D eigenvalue weighted by atomic mass is 16.7. The lowest BCUT2D eigenvalue weighted by molar-refractivity contribution is 0.111.